The van der Waals surface area contributed by atoms with E-state index in [1.165, 1.54) is 94.8 Å². The van der Waals surface area contributed by atoms with Gasteiger partial charge in [0.2, 0.25) is 0 Å². The van der Waals surface area contributed by atoms with Gasteiger partial charge in [-0.1, -0.05) is 160 Å². The fourth-order valence-electron chi connectivity index (χ4n) is 8.79. The second-order valence-electron chi connectivity index (χ2n) is 16.5. The maximum absolute atomic E-state index is 5.29. The van der Waals surface area contributed by atoms with Gasteiger partial charge in [-0.3, -0.25) is 0 Å². The van der Waals surface area contributed by atoms with Crippen molar-refractivity contribution < 1.29 is 9.47 Å². The lowest BCUT2D eigenvalue weighted by Gasteiger charge is -2.28. The molecule has 0 aliphatic rings. The Morgan fingerprint density at radius 1 is 0.344 bits per heavy atom. The van der Waals surface area contributed by atoms with Crippen LogP contribution in [-0.2, 0) is 22.3 Å². The number of unbranched alkanes of at least 4 members (excludes halogenated alkanes) is 6. The Labute approximate surface area is 380 Å². The molecule has 8 aromatic carbocycles. The Morgan fingerprint density at radius 3 is 1.08 bits per heavy atom. The number of hydrogen-bond acceptors (Lipinski definition) is 4. The summed E-state index contributed by atoms with van der Waals surface area (Å²) in [5.74, 6) is 0. The molecular weight excluding hydrogens is 781 g/mol. The average molecular weight is 841 g/mol. The van der Waals surface area contributed by atoms with Crippen molar-refractivity contribution in [2.24, 2.45) is 0 Å². The number of anilines is 6. The van der Waals surface area contributed by atoms with Crippen molar-refractivity contribution in [3.8, 4) is 11.1 Å². The lowest BCUT2D eigenvalue weighted by molar-refractivity contribution is 0.241. The number of hydrogen-bond donors (Lipinski definition) is 0. The molecule has 0 fully saturated rings. The molecule has 0 heterocycles. The van der Waals surface area contributed by atoms with Gasteiger partial charge >= 0.3 is 0 Å². The Balaban J connectivity index is 1.04. The molecule has 322 valence electrons. The number of fused-ring (bicyclic) bond motifs is 2. The zero-order valence-electron chi connectivity index (χ0n) is 37.1. The Kier molecular flexibility index (Phi) is 15.2. The first-order valence-corrected chi connectivity index (χ1v) is 23.1. The van der Waals surface area contributed by atoms with Gasteiger partial charge in [0, 0.05) is 33.5 Å². The summed E-state index contributed by atoms with van der Waals surface area (Å²) in [6.07, 6.45) is 14.5. The monoisotopic (exact) mass is 840 g/mol. The first-order chi connectivity index (χ1) is 31.7. The second kappa shape index (κ2) is 22.4. The van der Waals surface area contributed by atoms with Gasteiger partial charge in [-0.15, -0.1) is 0 Å². The van der Waals surface area contributed by atoms with E-state index in [1.54, 1.807) is 0 Å². The van der Waals surface area contributed by atoms with Crippen molar-refractivity contribution in [2.75, 3.05) is 23.0 Å². The molecule has 0 unspecified atom stereocenters. The van der Waals surface area contributed by atoms with Crippen molar-refractivity contribution >= 4 is 55.7 Å². The summed E-state index contributed by atoms with van der Waals surface area (Å²) in [6.45, 7) is 8.79. The lowest BCUT2D eigenvalue weighted by atomic mass is 10.0. The summed E-state index contributed by atoms with van der Waals surface area (Å²) in [7, 11) is 0. The minimum atomic E-state index is 0.756. The number of benzene rings is 8. The topological polar surface area (TPSA) is 24.9 Å². The van der Waals surface area contributed by atoms with Crippen LogP contribution >= 0.6 is 0 Å². The number of aryl methyl sites for hydroxylation is 2. The summed E-state index contributed by atoms with van der Waals surface area (Å²) in [5.41, 5.74) is 11.9. The van der Waals surface area contributed by atoms with Gasteiger partial charge in [-0.05, 0) is 132 Å². The lowest BCUT2D eigenvalue weighted by Crippen LogP contribution is -2.11. The average Bonchev–Trinajstić information content (AvgIpc) is 3.35. The smallest absolute Gasteiger partial charge is 0.0873 e. The summed E-state index contributed by atoms with van der Waals surface area (Å²) in [6, 6.07) is 66.9. The molecule has 4 heteroatoms. The van der Waals surface area contributed by atoms with Gasteiger partial charge in [0.05, 0.1) is 37.1 Å². The van der Waals surface area contributed by atoms with Crippen LogP contribution in [0.15, 0.2) is 208 Å². The highest BCUT2D eigenvalue weighted by atomic mass is 16.5. The van der Waals surface area contributed by atoms with Crippen LogP contribution in [0.25, 0.3) is 32.7 Å². The fourth-order valence-corrected chi connectivity index (χ4v) is 8.79. The molecule has 0 saturated heterocycles. The maximum atomic E-state index is 5.29. The van der Waals surface area contributed by atoms with E-state index in [2.05, 4.69) is 205 Å². The highest BCUT2D eigenvalue weighted by Gasteiger charge is 2.18. The van der Waals surface area contributed by atoms with E-state index < -0.39 is 0 Å². The minimum absolute atomic E-state index is 0.756. The normalized spacial score (nSPS) is 11.1. The fraction of sp³-hybridized carbons (Fsp3) is 0.200. The van der Waals surface area contributed by atoms with Crippen LogP contribution in [0.5, 0.6) is 0 Å². The highest BCUT2D eigenvalue weighted by molar-refractivity contribution is 6.00. The molecule has 64 heavy (non-hydrogen) atoms. The van der Waals surface area contributed by atoms with Crippen LogP contribution in [0.3, 0.4) is 0 Å². The molecule has 0 aliphatic carbocycles. The predicted molar refractivity (Wildman–Crippen MR) is 273 cm³/mol. The van der Waals surface area contributed by atoms with E-state index in [-0.39, 0.29) is 0 Å². The van der Waals surface area contributed by atoms with Gasteiger partial charge in [0.1, 0.15) is 0 Å². The number of rotatable bonds is 23. The van der Waals surface area contributed by atoms with E-state index >= 15 is 0 Å². The van der Waals surface area contributed by atoms with Gasteiger partial charge in [-0.25, -0.2) is 0 Å². The predicted octanol–water partition coefficient (Wildman–Crippen LogP) is 17.1. The third kappa shape index (κ3) is 10.9. The Hall–Kier alpha value is -7.04. The van der Waals surface area contributed by atoms with E-state index in [0.717, 1.165) is 73.0 Å². The van der Waals surface area contributed by atoms with Crippen LogP contribution in [0, 0.1) is 0 Å². The van der Waals surface area contributed by atoms with E-state index in [0.29, 0.717) is 0 Å². The Morgan fingerprint density at radius 2 is 0.688 bits per heavy atom. The summed E-state index contributed by atoms with van der Waals surface area (Å²) < 4.78 is 10.6. The second-order valence-corrected chi connectivity index (χ2v) is 16.5. The van der Waals surface area contributed by atoms with Crippen LogP contribution < -0.4 is 9.80 Å². The molecular formula is C60H60N2O2. The van der Waals surface area contributed by atoms with E-state index in [4.69, 9.17) is 9.47 Å². The van der Waals surface area contributed by atoms with Crippen LogP contribution in [0.4, 0.5) is 34.1 Å². The van der Waals surface area contributed by atoms with Gasteiger partial charge < -0.3 is 19.3 Å². The number of ether oxygens (including phenoxy) is 2. The van der Waals surface area contributed by atoms with Gasteiger partial charge in [-0.2, -0.15) is 0 Å². The SMILES string of the molecule is C=COCCCCCCc1ccc(N(c2ccc(-c3ccc(N(c4ccc(CCCCCCOC=C)cc4)c4cccc5ccccc45)cc3)cc2)c2cccc3ccccc23)cc1. The first-order valence-electron chi connectivity index (χ1n) is 23.1. The zero-order valence-corrected chi connectivity index (χ0v) is 37.1. The van der Waals surface area contributed by atoms with Crippen LogP contribution in [-0.4, -0.2) is 13.2 Å². The minimum Gasteiger partial charge on any atom is -0.502 e. The molecule has 0 atom stereocenters. The van der Waals surface area contributed by atoms with Gasteiger partial charge in [0.15, 0.2) is 0 Å². The standard InChI is InChI=1S/C60H60N2O2/c1-3-63-45-15-7-5-9-19-47-29-37-53(38-30-47)61(59-27-17-23-51-21-11-13-25-57(51)59)55-41-33-49(34-42-55)50-35-43-56(44-36-50)62(60-28-18-24-52-22-12-14-26-58(52)60)54-39-31-48(32-40-54)20-10-6-8-16-46-64-4-2/h3-4,11-14,17-18,21-44H,1-2,5-10,15-16,19-20,45-46H2. The quantitative estimate of drug-likeness (QED) is 0.0473. The first kappa shape index (κ1) is 43.6. The third-order valence-electron chi connectivity index (χ3n) is 12.2. The Bertz CT molecular complexity index is 2500. The maximum Gasteiger partial charge on any atom is 0.0873 e. The van der Waals surface area contributed by atoms with Crippen molar-refractivity contribution in [3.63, 3.8) is 0 Å². The molecule has 0 amide bonds. The molecule has 0 aromatic heterocycles. The van der Waals surface area contributed by atoms with Crippen molar-refractivity contribution in [2.45, 2.75) is 64.2 Å². The van der Waals surface area contributed by atoms with E-state index in [9.17, 15) is 0 Å². The van der Waals surface area contributed by atoms with E-state index in [1.807, 2.05) is 0 Å². The van der Waals surface area contributed by atoms with Crippen molar-refractivity contribution in [1.82, 2.24) is 0 Å². The molecule has 0 bridgehead atoms. The summed E-state index contributed by atoms with van der Waals surface area (Å²) in [4.78, 5) is 4.79. The molecule has 0 aliphatic heterocycles. The van der Waals surface area contributed by atoms with Gasteiger partial charge in [0.25, 0.3) is 0 Å². The zero-order chi connectivity index (χ0) is 43.8. The van der Waals surface area contributed by atoms with Crippen molar-refractivity contribution in [3.05, 3.63) is 219 Å². The number of nitrogens with zero attached hydrogens (tertiary/aromatic N) is 2. The molecule has 0 radical (unpaired) electrons. The third-order valence-corrected chi connectivity index (χ3v) is 12.2. The molecule has 4 nitrogen and oxygen atoms in total. The van der Waals surface area contributed by atoms with Crippen LogP contribution in [0.1, 0.15) is 62.5 Å². The van der Waals surface area contributed by atoms with Crippen molar-refractivity contribution in [1.29, 1.82) is 0 Å². The summed E-state index contributed by atoms with van der Waals surface area (Å²) in [5, 5.41) is 4.90. The highest BCUT2D eigenvalue weighted by Crippen LogP contribution is 2.42. The molecule has 8 aromatic rings. The molecule has 0 spiro atoms. The largest absolute Gasteiger partial charge is 0.502 e. The molecule has 8 rings (SSSR count). The molecule has 0 saturated carbocycles. The van der Waals surface area contributed by atoms with Crippen LogP contribution in [0.2, 0.25) is 0 Å². The summed E-state index contributed by atoms with van der Waals surface area (Å²) >= 11 is 0. The molecule has 0 N–H and O–H groups in total.